The van der Waals surface area contributed by atoms with Crippen LogP contribution in [0.1, 0.15) is 12.0 Å². The molecule has 3 nitrogen and oxygen atoms in total. The second kappa shape index (κ2) is 2.86. The van der Waals surface area contributed by atoms with Crippen molar-refractivity contribution < 1.29 is 9.53 Å². The number of nitrogens with zero attached hydrogens (tertiary/aromatic N) is 1. The van der Waals surface area contributed by atoms with Crippen LogP contribution in [0.3, 0.4) is 0 Å². The van der Waals surface area contributed by atoms with Crippen LogP contribution >= 0.6 is 0 Å². The third-order valence-electron chi connectivity index (χ3n) is 4.44. The van der Waals surface area contributed by atoms with E-state index < -0.39 is 0 Å². The van der Waals surface area contributed by atoms with Gasteiger partial charge in [-0.1, -0.05) is 42.5 Å². The van der Waals surface area contributed by atoms with E-state index in [0.717, 1.165) is 12.1 Å². The van der Waals surface area contributed by atoms with Crippen molar-refractivity contribution in [3.05, 3.63) is 54.1 Å². The van der Waals surface area contributed by atoms with Gasteiger partial charge >= 0.3 is 6.09 Å². The summed E-state index contributed by atoms with van der Waals surface area (Å²) in [5, 5.41) is 0. The van der Waals surface area contributed by atoms with Crippen LogP contribution in [0.5, 0.6) is 0 Å². The number of carbonyl (C=O) groups excluding carboxylic acids is 1. The Kier molecular flexibility index (Phi) is 1.58. The molecule has 0 N–H and O–H groups in total. The summed E-state index contributed by atoms with van der Waals surface area (Å²) in [7, 11) is 1.44. The maximum atomic E-state index is 12.1. The first-order valence-electron chi connectivity index (χ1n) is 6.10. The first-order chi connectivity index (χ1) is 8.75. The van der Waals surface area contributed by atoms with E-state index in [4.69, 9.17) is 4.74 Å². The molecule has 1 fully saturated rings. The summed E-state index contributed by atoms with van der Waals surface area (Å²) in [6, 6.07) is 8.11. The van der Waals surface area contributed by atoms with E-state index >= 15 is 0 Å². The fourth-order valence-electron chi connectivity index (χ4n) is 3.61. The molecule has 2 aliphatic carbocycles. The van der Waals surface area contributed by atoms with Gasteiger partial charge in [0.05, 0.1) is 18.3 Å². The Morgan fingerprint density at radius 2 is 2.06 bits per heavy atom. The Hall–Kier alpha value is -2.03. The molecule has 0 spiro atoms. The number of amides is 1. The smallest absolute Gasteiger partial charge is 0.414 e. The lowest BCUT2D eigenvalue weighted by Crippen LogP contribution is -2.41. The summed E-state index contributed by atoms with van der Waals surface area (Å²) in [5.41, 5.74) is 1.97. The summed E-state index contributed by atoms with van der Waals surface area (Å²) in [5.74, 6) is 0. The highest BCUT2D eigenvalue weighted by Crippen LogP contribution is 2.71. The van der Waals surface area contributed by atoms with Crippen molar-refractivity contribution >= 4 is 11.8 Å². The number of benzene rings is 1. The third-order valence-corrected chi connectivity index (χ3v) is 4.44. The molecule has 4 rings (SSSR count). The Balaban J connectivity index is 1.98. The van der Waals surface area contributed by atoms with Gasteiger partial charge in [-0.2, -0.15) is 0 Å². The zero-order valence-corrected chi connectivity index (χ0v) is 10.1. The van der Waals surface area contributed by atoms with Crippen LogP contribution in [0.4, 0.5) is 10.5 Å². The predicted molar refractivity (Wildman–Crippen MR) is 68.6 cm³/mol. The molecule has 1 aliphatic heterocycles. The number of hydrogen-bond donors (Lipinski definition) is 0. The molecule has 3 heteroatoms. The average molecular weight is 239 g/mol. The molecule has 0 aromatic heterocycles. The summed E-state index contributed by atoms with van der Waals surface area (Å²) < 4.78 is 4.96. The molecule has 2 unspecified atom stereocenters. The van der Waals surface area contributed by atoms with Crippen molar-refractivity contribution in [3.63, 3.8) is 0 Å². The molecule has 1 amide bonds. The first kappa shape index (κ1) is 9.95. The van der Waals surface area contributed by atoms with Gasteiger partial charge in [0.15, 0.2) is 0 Å². The maximum Gasteiger partial charge on any atom is 0.414 e. The standard InChI is InChI=1S/C15H13NO2/c1-18-13(17)16-12-7-3-2-6-11(12)14-8-4-5-9-15(14,16)10-14/h2-9H,10H2,1H3. The molecule has 90 valence electrons. The molecule has 3 aliphatic rings. The van der Waals surface area contributed by atoms with Crippen LogP contribution in [-0.2, 0) is 10.2 Å². The van der Waals surface area contributed by atoms with Gasteiger partial charge in [-0.25, -0.2) is 4.79 Å². The largest absolute Gasteiger partial charge is 0.452 e. The minimum absolute atomic E-state index is 0.0213. The number of methoxy groups -OCH3 is 1. The minimum Gasteiger partial charge on any atom is -0.452 e. The number of ether oxygens (including phenoxy) is 1. The molecule has 0 saturated heterocycles. The van der Waals surface area contributed by atoms with Crippen LogP contribution in [0.2, 0.25) is 0 Å². The van der Waals surface area contributed by atoms with E-state index in [1.54, 1.807) is 0 Å². The number of carbonyl (C=O) groups is 1. The van der Waals surface area contributed by atoms with Crippen LogP contribution in [0.25, 0.3) is 0 Å². The summed E-state index contributed by atoms with van der Waals surface area (Å²) in [4.78, 5) is 13.9. The maximum absolute atomic E-state index is 12.1. The minimum atomic E-state index is -0.276. The zero-order valence-electron chi connectivity index (χ0n) is 10.1. The highest BCUT2D eigenvalue weighted by molar-refractivity contribution is 5.98. The van der Waals surface area contributed by atoms with Crippen LogP contribution in [0, 0.1) is 0 Å². The van der Waals surface area contributed by atoms with Crippen molar-refractivity contribution in [2.75, 3.05) is 12.0 Å². The van der Waals surface area contributed by atoms with E-state index in [9.17, 15) is 4.79 Å². The van der Waals surface area contributed by atoms with E-state index in [1.165, 1.54) is 12.7 Å². The van der Waals surface area contributed by atoms with Gasteiger partial charge in [-0.3, -0.25) is 4.90 Å². The quantitative estimate of drug-likeness (QED) is 0.696. The number of rotatable bonds is 0. The van der Waals surface area contributed by atoms with Crippen molar-refractivity contribution in [2.24, 2.45) is 0 Å². The Morgan fingerprint density at radius 1 is 1.28 bits per heavy atom. The van der Waals surface area contributed by atoms with Crippen LogP contribution in [-0.4, -0.2) is 18.7 Å². The second-order valence-corrected chi connectivity index (χ2v) is 5.11. The highest BCUT2D eigenvalue weighted by atomic mass is 16.5. The van der Waals surface area contributed by atoms with Gasteiger partial charge < -0.3 is 4.74 Å². The van der Waals surface area contributed by atoms with Crippen molar-refractivity contribution in [1.29, 1.82) is 0 Å². The zero-order chi connectivity index (χ0) is 12.4. The van der Waals surface area contributed by atoms with Crippen LogP contribution in [0.15, 0.2) is 48.6 Å². The topological polar surface area (TPSA) is 29.5 Å². The Morgan fingerprint density at radius 3 is 2.89 bits per heavy atom. The van der Waals surface area contributed by atoms with Gasteiger partial charge in [0, 0.05) is 5.41 Å². The molecule has 1 aromatic carbocycles. The highest BCUT2D eigenvalue weighted by Gasteiger charge is 2.75. The normalized spacial score (nSPS) is 33.7. The number of para-hydroxylation sites is 1. The molecule has 1 saturated carbocycles. The van der Waals surface area contributed by atoms with E-state index in [1.807, 2.05) is 29.2 Å². The molecule has 0 radical (unpaired) electrons. The summed E-state index contributed by atoms with van der Waals surface area (Å²) in [6.07, 6.45) is 9.12. The Labute approximate surface area is 105 Å². The lowest BCUT2D eigenvalue weighted by atomic mass is 9.90. The van der Waals surface area contributed by atoms with Gasteiger partial charge in [0.1, 0.15) is 0 Å². The summed E-state index contributed by atoms with van der Waals surface area (Å²) >= 11 is 0. The SMILES string of the molecule is COC(=O)N1c2ccccc2C23C=CC=CC12C3. The monoisotopic (exact) mass is 239 g/mol. The molecular weight excluding hydrogens is 226 g/mol. The molecule has 0 bridgehead atoms. The molecule has 18 heavy (non-hydrogen) atoms. The van der Waals surface area contributed by atoms with Crippen LogP contribution < -0.4 is 4.90 Å². The van der Waals surface area contributed by atoms with Crippen molar-refractivity contribution in [2.45, 2.75) is 17.4 Å². The summed E-state index contributed by atoms with van der Waals surface area (Å²) in [6.45, 7) is 0. The lowest BCUT2D eigenvalue weighted by molar-refractivity contribution is 0.176. The van der Waals surface area contributed by atoms with E-state index in [-0.39, 0.29) is 17.0 Å². The van der Waals surface area contributed by atoms with E-state index in [2.05, 4.69) is 24.3 Å². The third kappa shape index (κ3) is 0.838. The molecular formula is C15H13NO2. The molecule has 1 heterocycles. The average Bonchev–Trinajstić information content (AvgIpc) is 3.03. The molecule has 2 atom stereocenters. The van der Waals surface area contributed by atoms with Gasteiger partial charge in [-0.05, 0) is 18.1 Å². The van der Waals surface area contributed by atoms with Gasteiger partial charge in [-0.15, -0.1) is 0 Å². The molecule has 1 aromatic rings. The number of allylic oxidation sites excluding steroid dienone is 2. The fourth-order valence-corrected chi connectivity index (χ4v) is 3.61. The van der Waals surface area contributed by atoms with Gasteiger partial charge in [0.2, 0.25) is 0 Å². The predicted octanol–water partition coefficient (Wildman–Crippen LogP) is 2.78. The van der Waals surface area contributed by atoms with Crippen molar-refractivity contribution in [3.8, 4) is 0 Å². The second-order valence-electron chi connectivity index (χ2n) is 5.11. The van der Waals surface area contributed by atoms with Crippen molar-refractivity contribution in [1.82, 2.24) is 0 Å². The van der Waals surface area contributed by atoms with E-state index in [0.29, 0.717) is 0 Å². The fraction of sp³-hybridized carbons (Fsp3) is 0.267. The number of fused-ring (bicyclic) bond motifs is 1. The first-order valence-corrected chi connectivity index (χ1v) is 6.10. The number of anilines is 1. The number of hydrogen-bond acceptors (Lipinski definition) is 2. The van der Waals surface area contributed by atoms with Gasteiger partial charge in [0.25, 0.3) is 0 Å². The Bertz CT molecular complexity index is 619. The lowest BCUT2D eigenvalue weighted by Gasteiger charge is -2.26.